The van der Waals surface area contributed by atoms with Gasteiger partial charge < -0.3 is 5.32 Å². The van der Waals surface area contributed by atoms with Crippen LogP contribution in [0.25, 0.3) is 5.78 Å². The second-order valence-electron chi connectivity index (χ2n) is 4.29. The monoisotopic (exact) mass is 285 g/mol. The van der Waals surface area contributed by atoms with E-state index in [1.165, 1.54) is 6.33 Å². The lowest BCUT2D eigenvalue weighted by Gasteiger charge is -2.15. The molecule has 0 bridgehead atoms. The second-order valence-corrected chi connectivity index (χ2v) is 5.56. The largest absolute Gasteiger partial charge is 0.369 e. The second kappa shape index (κ2) is 5.75. The summed E-state index contributed by atoms with van der Waals surface area (Å²) in [4.78, 5) is 8.23. The zero-order chi connectivity index (χ0) is 13.1. The number of anilines is 1. The average Bonchev–Trinajstić information content (AvgIpc) is 2.77. The van der Waals surface area contributed by atoms with Crippen molar-refractivity contribution in [1.82, 2.24) is 19.6 Å². The van der Waals surface area contributed by atoms with Crippen LogP contribution < -0.4 is 5.32 Å². The van der Waals surface area contributed by atoms with Crippen molar-refractivity contribution < 1.29 is 0 Å². The van der Waals surface area contributed by atoms with E-state index in [0.29, 0.717) is 16.8 Å². The van der Waals surface area contributed by atoms with Crippen LogP contribution in [0.2, 0.25) is 5.15 Å². The van der Waals surface area contributed by atoms with Gasteiger partial charge >= 0.3 is 0 Å². The van der Waals surface area contributed by atoms with Crippen molar-refractivity contribution in [2.45, 2.75) is 13.8 Å². The molecule has 0 aromatic carbocycles. The Hall–Kier alpha value is -1.01. The highest BCUT2D eigenvalue weighted by Gasteiger charge is 2.12. The lowest BCUT2D eigenvalue weighted by atomic mass is 10.2. The molecule has 0 saturated heterocycles. The third-order valence-corrected chi connectivity index (χ3v) is 3.94. The van der Waals surface area contributed by atoms with Crippen LogP contribution >= 0.6 is 23.4 Å². The van der Waals surface area contributed by atoms with E-state index in [2.05, 4.69) is 33.6 Å². The van der Waals surface area contributed by atoms with E-state index < -0.39 is 0 Å². The number of fused-ring (bicyclic) bond motifs is 1. The number of halogens is 1. The third-order valence-electron chi connectivity index (χ3n) is 2.67. The summed E-state index contributed by atoms with van der Waals surface area (Å²) in [6.45, 7) is 5.01. The Kier molecular flexibility index (Phi) is 4.29. The number of hydrogen-bond donors (Lipinski definition) is 1. The highest BCUT2D eigenvalue weighted by Crippen LogP contribution is 2.22. The van der Waals surface area contributed by atoms with Crippen LogP contribution in [-0.2, 0) is 0 Å². The molecule has 0 saturated carbocycles. The Morgan fingerprint density at radius 1 is 1.56 bits per heavy atom. The smallest absolute Gasteiger partial charge is 0.255 e. The predicted molar refractivity (Wildman–Crippen MR) is 76.6 cm³/mol. The summed E-state index contributed by atoms with van der Waals surface area (Å²) in [7, 11) is 0. The molecule has 0 aliphatic rings. The van der Waals surface area contributed by atoms with Crippen LogP contribution in [-0.4, -0.2) is 38.1 Å². The Morgan fingerprint density at radius 3 is 3.06 bits per heavy atom. The fraction of sp³-hybridized carbons (Fsp3) is 0.545. The standard InChI is InChI=1S/C11H16ClN5S/c1-7(5-18-3)4-13-10-8(2)9(12)16-11-14-6-15-17(10)11/h6-7,13H,4-5H2,1-3H3. The molecule has 7 heteroatoms. The number of nitrogens with one attached hydrogen (secondary N) is 1. The van der Waals surface area contributed by atoms with Gasteiger partial charge in [0.2, 0.25) is 0 Å². The van der Waals surface area contributed by atoms with Crippen molar-refractivity contribution in [3.05, 3.63) is 17.0 Å². The fourth-order valence-corrected chi connectivity index (χ4v) is 2.57. The Balaban J connectivity index is 2.26. The molecule has 2 rings (SSSR count). The summed E-state index contributed by atoms with van der Waals surface area (Å²) in [6.07, 6.45) is 3.59. The number of rotatable bonds is 5. The molecule has 98 valence electrons. The molecule has 0 amide bonds. The van der Waals surface area contributed by atoms with E-state index in [1.807, 2.05) is 18.7 Å². The lowest BCUT2D eigenvalue weighted by Crippen LogP contribution is -2.17. The summed E-state index contributed by atoms with van der Waals surface area (Å²) < 4.78 is 1.69. The van der Waals surface area contributed by atoms with Crippen LogP contribution in [0.4, 0.5) is 5.82 Å². The molecule has 1 unspecified atom stereocenters. The Morgan fingerprint density at radius 2 is 2.33 bits per heavy atom. The molecule has 1 atom stereocenters. The van der Waals surface area contributed by atoms with Crippen LogP contribution in [0, 0.1) is 12.8 Å². The molecule has 2 heterocycles. The van der Waals surface area contributed by atoms with Gasteiger partial charge in [0.1, 0.15) is 17.3 Å². The maximum absolute atomic E-state index is 6.09. The fourth-order valence-electron chi connectivity index (χ4n) is 1.72. The van der Waals surface area contributed by atoms with E-state index in [0.717, 1.165) is 23.7 Å². The summed E-state index contributed by atoms with van der Waals surface area (Å²) in [5.74, 6) is 3.08. The molecule has 1 N–H and O–H groups in total. The molecule has 5 nitrogen and oxygen atoms in total. The van der Waals surface area contributed by atoms with Crippen molar-refractivity contribution >= 4 is 35.0 Å². The number of hydrogen-bond acceptors (Lipinski definition) is 5. The molecule has 18 heavy (non-hydrogen) atoms. The molecular formula is C11H16ClN5S. The van der Waals surface area contributed by atoms with Crippen molar-refractivity contribution in [3.63, 3.8) is 0 Å². The topological polar surface area (TPSA) is 55.1 Å². The summed E-state index contributed by atoms with van der Waals surface area (Å²) in [6, 6.07) is 0. The number of aromatic nitrogens is 4. The summed E-state index contributed by atoms with van der Waals surface area (Å²) in [5, 5.41) is 8.02. The molecule has 2 aromatic heterocycles. The van der Waals surface area contributed by atoms with Crippen LogP contribution in [0.1, 0.15) is 12.5 Å². The van der Waals surface area contributed by atoms with Crippen molar-refractivity contribution in [2.24, 2.45) is 5.92 Å². The molecule has 0 aliphatic carbocycles. The van der Waals surface area contributed by atoms with Gasteiger partial charge in [0, 0.05) is 12.1 Å². The van der Waals surface area contributed by atoms with Crippen LogP contribution in [0.15, 0.2) is 6.33 Å². The first kappa shape index (κ1) is 13.4. The minimum absolute atomic E-state index is 0.468. The van der Waals surface area contributed by atoms with Gasteiger partial charge in [-0.3, -0.25) is 0 Å². The highest BCUT2D eigenvalue weighted by atomic mass is 35.5. The summed E-state index contributed by atoms with van der Waals surface area (Å²) in [5.41, 5.74) is 0.894. The van der Waals surface area contributed by atoms with E-state index in [1.54, 1.807) is 4.52 Å². The molecule has 0 radical (unpaired) electrons. The highest BCUT2D eigenvalue weighted by molar-refractivity contribution is 7.98. The number of thioether (sulfide) groups is 1. The maximum Gasteiger partial charge on any atom is 0.255 e. The van der Waals surface area contributed by atoms with Crippen LogP contribution in [0.3, 0.4) is 0 Å². The minimum atomic E-state index is 0.468. The van der Waals surface area contributed by atoms with Gasteiger partial charge in [-0.2, -0.15) is 31.3 Å². The van der Waals surface area contributed by atoms with E-state index in [-0.39, 0.29) is 0 Å². The van der Waals surface area contributed by atoms with Crippen LogP contribution in [0.5, 0.6) is 0 Å². The molecule has 0 fully saturated rings. The van der Waals surface area contributed by atoms with Gasteiger partial charge in [0.15, 0.2) is 0 Å². The van der Waals surface area contributed by atoms with Crippen molar-refractivity contribution in [1.29, 1.82) is 0 Å². The first-order chi connectivity index (χ1) is 8.63. The van der Waals surface area contributed by atoms with E-state index in [4.69, 9.17) is 11.6 Å². The van der Waals surface area contributed by atoms with Gasteiger partial charge in [0.25, 0.3) is 5.78 Å². The summed E-state index contributed by atoms with van der Waals surface area (Å²) >= 11 is 7.93. The Labute approximate surface area is 115 Å². The molecule has 2 aromatic rings. The molecule has 0 aliphatic heterocycles. The minimum Gasteiger partial charge on any atom is -0.369 e. The average molecular weight is 286 g/mol. The van der Waals surface area contributed by atoms with Gasteiger partial charge in [-0.1, -0.05) is 18.5 Å². The predicted octanol–water partition coefficient (Wildman–Crippen LogP) is 2.50. The van der Waals surface area contributed by atoms with E-state index in [9.17, 15) is 0 Å². The first-order valence-corrected chi connectivity index (χ1v) is 7.49. The number of nitrogens with zero attached hydrogens (tertiary/aromatic N) is 4. The van der Waals surface area contributed by atoms with Gasteiger partial charge in [-0.05, 0) is 24.9 Å². The molecule has 0 spiro atoms. The van der Waals surface area contributed by atoms with E-state index >= 15 is 0 Å². The molecular weight excluding hydrogens is 270 g/mol. The van der Waals surface area contributed by atoms with Crippen molar-refractivity contribution in [3.8, 4) is 0 Å². The first-order valence-electron chi connectivity index (χ1n) is 5.72. The normalized spacial score (nSPS) is 12.9. The Bertz CT molecular complexity index is 541. The van der Waals surface area contributed by atoms with Gasteiger partial charge in [0.05, 0.1) is 0 Å². The van der Waals surface area contributed by atoms with Crippen molar-refractivity contribution in [2.75, 3.05) is 23.9 Å². The zero-order valence-corrected chi connectivity index (χ0v) is 12.2. The zero-order valence-electron chi connectivity index (χ0n) is 10.6. The third kappa shape index (κ3) is 2.70. The van der Waals surface area contributed by atoms with Gasteiger partial charge in [-0.15, -0.1) is 0 Å². The maximum atomic E-state index is 6.09. The quantitative estimate of drug-likeness (QED) is 0.856. The van der Waals surface area contributed by atoms with Gasteiger partial charge in [-0.25, -0.2) is 0 Å². The SMILES string of the molecule is CSCC(C)CNc1c(C)c(Cl)nc2ncnn12. The lowest BCUT2D eigenvalue weighted by molar-refractivity contribution is 0.695.